The first-order valence-corrected chi connectivity index (χ1v) is 5.54. The second-order valence-corrected chi connectivity index (χ2v) is 4.25. The first-order valence-electron chi connectivity index (χ1n) is 4.75. The van der Waals surface area contributed by atoms with Crippen LogP contribution in [-0.4, -0.2) is 15.9 Å². The molecule has 17 heavy (non-hydrogen) atoms. The van der Waals surface area contributed by atoms with E-state index >= 15 is 0 Å². The van der Waals surface area contributed by atoms with Crippen molar-refractivity contribution in [3.63, 3.8) is 0 Å². The van der Waals surface area contributed by atoms with Crippen molar-refractivity contribution in [2.75, 3.05) is 0 Å². The molecule has 1 aromatic heterocycles. The number of aromatic nitrogens is 2. The molecule has 1 heterocycles. The molecule has 0 amide bonds. The lowest BCUT2D eigenvalue weighted by Crippen LogP contribution is -2.16. The summed E-state index contributed by atoms with van der Waals surface area (Å²) < 4.78 is 14.3. The van der Waals surface area contributed by atoms with Crippen molar-refractivity contribution in [2.45, 2.75) is 6.92 Å². The van der Waals surface area contributed by atoms with Gasteiger partial charge in [-0.1, -0.05) is 26.8 Å². The van der Waals surface area contributed by atoms with E-state index in [0.717, 1.165) is 4.85 Å². The predicted molar refractivity (Wildman–Crippen MR) is 62.6 cm³/mol. The van der Waals surface area contributed by atoms with Crippen molar-refractivity contribution in [1.82, 2.24) is 9.94 Å². The molecular weight excluding hydrogens is 291 g/mol. The maximum atomic E-state index is 13.6. The summed E-state index contributed by atoms with van der Waals surface area (Å²) in [5, 5.41) is 3.79. The number of hydrogen-bond acceptors (Lipinski definition) is 3. The molecule has 4 nitrogen and oxygen atoms in total. The Morgan fingerprint density at radius 2 is 2.29 bits per heavy atom. The summed E-state index contributed by atoms with van der Waals surface area (Å²) in [4.78, 5) is 16.4. The molecule has 88 valence electrons. The number of nitrogens with zero attached hydrogens (tertiary/aromatic N) is 2. The quantitative estimate of drug-likeness (QED) is 0.855. The van der Waals surface area contributed by atoms with Gasteiger partial charge in [0.1, 0.15) is 5.82 Å². The van der Waals surface area contributed by atoms with Crippen molar-refractivity contribution >= 4 is 21.9 Å². The Hall–Kier alpha value is -1.69. The van der Waals surface area contributed by atoms with Crippen LogP contribution in [0, 0.1) is 5.82 Å². The number of benzene rings is 1. The lowest BCUT2D eigenvalue weighted by Gasteiger charge is -2.00. The molecule has 0 spiro atoms. The van der Waals surface area contributed by atoms with Gasteiger partial charge in [0.25, 0.3) is 0 Å². The summed E-state index contributed by atoms with van der Waals surface area (Å²) in [5.41, 5.74) is 0.933. The molecular formula is C11H8BrFN2O2. The Kier molecular flexibility index (Phi) is 3.23. The van der Waals surface area contributed by atoms with E-state index in [1.54, 1.807) is 12.1 Å². The minimum atomic E-state index is -0.490. The average Bonchev–Trinajstić information content (AvgIpc) is 2.65. The molecule has 2 aromatic rings. The third-order valence-corrected chi connectivity index (χ3v) is 2.52. The predicted octanol–water partition coefficient (Wildman–Crippen LogP) is 2.43. The fourth-order valence-corrected chi connectivity index (χ4v) is 1.68. The summed E-state index contributed by atoms with van der Waals surface area (Å²) in [6.45, 7) is 1.27. The molecule has 0 atom stereocenters. The Morgan fingerprint density at radius 1 is 1.53 bits per heavy atom. The fourth-order valence-electron chi connectivity index (χ4n) is 1.35. The van der Waals surface area contributed by atoms with Crippen LogP contribution in [0.25, 0.3) is 11.1 Å². The van der Waals surface area contributed by atoms with E-state index in [2.05, 4.69) is 21.0 Å². The highest BCUT2D eigenvalue weighted by Gasteiger charge is 2.09. The van der Waals surface area contributed by atoms with Crippen molar-refractivity contribution in [3.8, 4) is 11.1 Å². The lowest BCUT2D eigenvalue weighted by molar-refractivity contribution is -0.143. The molecule has 0 radical (unpaired) electrons. The zero-order chi connectivity index (χ0) is 12.4. The van der Waals surface area contributed by atoms with Crippen LogP contribution in [0.4, 0.5) is 4.39 Å². The number of halogens is 2. The summed E-state index contributed by atoms with van der Waals surface area (Å²) >= 11 is 3.18. The van der Waals surface area contributed by atoms with Gasteiger partial charge < -0.3 is 4.84 Å². The van der Waals surface area contributed by atoms with E-state index in [4.69, 9.17) is 4.84 Å². The molecule has 2 rings (SSSR count). The molecule has 0 N–H and O–H groups in total. The van der Waals surface area contributed by atoms with E-state index in [0.29, 0.717) is 15.6 Å². The zero-order valence-electron chi connectivity index (χ0n) is 8.85. The minimum absolute atomic E-state index is 0.373. The largest absolute Gasteiger partial charge is 0.331 e. The van der Waals surface area contributed by atoms with Gasteiger partial charge in [-0.3, -0.25) is 0 Å². The maximum absolute atomic E-state index is 13.6. The van der Waals surface area contributed by atoms with Crippen LogP contribution < -0.4 is 4.84 Å². The van der Waals surface area contributed by atoms with Crippen LogP contribution in [0.2, 0.25) is 0 Å². The Bertz CT molecular complexity index is 568. The first-order chi connectivity index (χ1) is 8.06. The summed E-state index contributed by atoms with van der Waals surface area (Å²) in [5.74, 6) is -0.863. The Labute approximate surface area is 105 Å². The highest BCUT2D eigenvalue weighted by molar-refractivity contribution is 9.10. The SMILES string of the molecule is CC(=O)On1cc(-c2ccc(Br)cc2F)cn1. The van der Waals surface area contributed by atoms with E-state index in [9.17, 15) is 9.18 Å². The smallest absolute Gasteiger partial charge is 0.320 e. The van der Waals surface area contributed by atoms with Crippen molar-refractivity contribution in [1.29, 1.82) is 0 Å². The molecule has 6 heteroatoms. The van der Waals surface area contributed by atoms with Gasteiger partial charge in [-0.15, -0.1) is 5.10 Å². The maximum Gasteiger partial charge on any atom is 0.331 e. The number of hydrogen-bond donors (Lipinski definition) is 0. The lowest BCUT2D eigenvalue weighted by atomic mass is 10.1. The normalized spacial score (nSPS) is 10.3. The summed E-state index contributed by atoms with van der Waals surface area (Å²) in [6, 6.07) is 4.70. The van der Waals surface area contributed by atoms with Crippen molar-refractivity contribution in [3.05, 3.63) is 40.9 Å². The zero-order valence-corrected chi connectivity index (χ0v) is 10.4. The second kappa shape index (κ2) is 4.67. The topological polar surface area (TPSA) is 44.1 Å². The van der Waals surface area contributed by atoms with Gasteiger partial charge in [-0.25, -0.2) is 9.18 Å². The minimum Gasteiger partial charge on any atom is -0.320 e. The highest BCUT2D eigenvalue weighted by atomic mass is 79.9. The molecule has 0 aliphatic heterocycles. The van der Waals surface area contributed by atoms with Crippen LogP contribution >= 0.6 is 15.9 Å². The number of rotatable bonds is 2. The third-order valence-electron chi connectivity index (χ3n) is 2.02. The van der Waals surface area contributed by atoms with Crippen LogP contribution in [-0.2, 0) is 4.79 Å². The number of carbonyl (C=O) groups is 1. The Morgan fingerprint density at radius 3 is 2.94 bits per heavy atom. The molecule has 0 unspecified atom stereocenters. The van der Waals surface area contributed by atoms with E-state index in [1.165, 1.54) is 25.4 Å². The first kappa shape index (κ1) is 11.8. The van der Waals surface area contributed by atoms with Crippen molar-refractivity contribution < 1.29 is 14.0 Å². The van der Waals surface area contributed by atoms with Gasteiger partial charge in [0.15, 0.2) is 0 Å². The van der Waals surface area contributed by atoms with Gasteiger partial charge in [-0.2, -0.15) is 0 Å². The fraction of sp³-hybridized carbons (Fsp3) is 0.0909. The molecule has 0 saturated carbocycles. The molecule has 0 saturated heterocycles. The number of carbonyl (C=O) groups excluding carboxylic acids is 1. The molecule has 0 aliphatic rings. The average molecular weight is 299 g/mol. The monoisotopic (exact) mass is 298 g/mol. The van der Waals surface area contributed by atoms with Gasteiger partial charge in [0.05, 0.1) is 12.4 Å². The van der Waals surface area contributed by atoms with Crippen LogP contribution in [0.5, 0.6) is 0 Å². The van der Waals surface area contributed by atoms with Crippen LogP contribution in [0.15, 0.2) is 35.1 Å². The van der Waals surface area contributed by atoms with Gasteiger partial charge in [0, 0.05) is 22.5 Å². The van der Waals surface area contributed by atoms with Gasteiger partial charge in [-0.05, 0) is 12.1 Å². The van der Waals surface area contributed by atoms with E-state index in [-0.39, 0.29) is 5.82 Å². The van der Waals surface area contributed by atoms with Crippen LogP contribution in [0.3, 0.4) is 0 Å². The highest BCUT2D eigenvalue weighted by Crippen LogP contribution is 2.24. The molecule has 1 aromatic carbocycles. The third kappa shape index (κ3) is 2.71. The molecule has 0 aliphatic carbocycles. The van der Waals surface area contributed by atoms with Crippen LogP contribution in [0.1, 0.15) is 6.92 Å². The van der Waals surface area contributed by atoms with Crippen molar-refractivity contribution in [2.24, 2.45) is 0 Å². The van der Waals surface area contributed by atoms with E-state index < -0.39 is 5.97 Å². The second-order valence-electron chi connectivity index (χ2n) is 3.34. The van der Waals surface area contributed by atoms with E-state index in [1.807, 2.05) is 0 Å². The molecule has 0 fully saturated rings. The van der Waals surface area contributed by atoms with Gasteiger partial charge >= 0.3 is 5.97 Å². The Balaban J connectivity index is 2.33. The standard InChI is InChI=1S/C11H8BrFN2O2/c1-7(16)17-15-6-8(5-14-15)10-3-2-9(12)4-11(10)13/h2-6H,1H3. The summed E-state index contributed by atoms with van der Waals surface area (Å²) in [7, 11) is 0. The van der Waals surface area contributed by atoms with Gasteiger partial charge in [0.2, 0.25) is 0 Å². The molecule has 0 bridgehead atoms. The summed E-state index contributed by atoms with van der Waals surface area (Å²) in [6.07, 6.45) is 2.86.